The summed E-state index contributed by atoms with van der Waals surface area (Å²) in [5, 5.41) is 9.63. The minimum absolute atomic E-state index is 0.138. The van der Waals surface area contributed by atoms with Crippen molar-refractivity contribution >= 4 is 11.6 Å². The summed E-state index contributed by atoms with van der Waals surface area (Å²) < 4.78 is 11.2. The Bertz CT molecular complexity index is 346. The third-order valence-electron chi connectivity index (χ3n) is 2.56. The molecule has 0 bridgehead atoms. The molecule has 0 spiro atoms. The first kappa shape index (κ1) is 11.6. The molecule has 1 unspecified atom stereocenters. The third-order valence-corrected chi connectivity index (χ3v) is 2.86. The van der Waals surface area contributed by atoms with Crippen LogP contribution in [0, 0.1) is 0 Å². The van der Waals surface area contributed by atoms with Crippen LogP contribution in [0.25, 0.3) is 0 Å². The zero-order chi connectivity index (χ0) is 11.4. The predicted octanol–water partition coefficient (Wildman–Crippen LogP) is 3.34. The fourth-order valence-corrected chi connectivity index (χ4v) is 1.93. The highest BCUT2D eigenvalue weighted by molar-refractivity contribution is 6.32. The van der Waals surface area contributed by atoms with Crippen molar-refractivity contribution in [2.45, 2.75) is 32.0 Å². The molecule has 1 saturated heterocycles. The number of phenolic OH excluding ortho intramolecular Hbond substituents is 1. The maximum Gasteiger partial charge on any atom is 0.199 e. The highest BCUT2D eigenvalue weighted by atomic mass is 35.5. The number of hydrogen-bond acceptors (Lipinski definition) is 3. The lowest BCUT2D eigenvalue weighted by atomic mass is 10.2. The summed E-state index contributed by atoms with van der Waals surface area (Å²) in [6, 6.07) is 4.68. The van der Waals surface area contributed by atoms with Crippen LogP contribution < -0.4 is 4.74 Å². The van der Waals surface area contributed by atoms with Crippen molar-refractivity contribution in [2.24, 2.45) is 0 Å². The van der Waals surface area contributed by atoms with Crippen molar-refractivity contribution in [3.8, 4) is 11.5 Å². The molecule has 0 amide bonds. The fraction of sp³-hybridized carbons (Fsp3) is 0.500. The number of aromatic hydroxyl groups is 1. The van der Waals surface area contributed by atoms with Crippen LogP contribution in [0.3, 0.4) is 0 Å². The standard InChI is InChI=1S/C12H15ClO3/c13-10-8-9(14)5-6-11(10)16-12-4-2-1-3-7-15-12/h5-6,8,12,14H,1-4,7H2. The summed E-state index contributed by atoms with van der Waals surface area (Å²) in [4.78, 5) is 0. The monoisotopic (exact) mass is 242 g/mol. The van der Waals surface area contributed by atoms with Gasteiger partial charge in [0, 0.05) is 12.5 Å². The van der Waals surface area contributed by atoms with Gasteiger partial charge in [0.15, 0.2) is 6.29 Å². The van der Waals surface area contributed by atoms with E-state index in [9.17, 15) is 5.11 Å². The summed E-state index contributed by atoms with van der Waals surface area (Å²) in [6.07, 6.45) is 4.05. The van der Waals surface area contributed by atoms with Crippen molar-refractivity contribution < 1.29 is 14.6 Å². The first-order valence-corrected chi connectivity index (χ1v) is 5.90. The second-order valence-corrected chi connectivity index (χ2v) is 4.29. The van der Waals surface area contributed by atoms with Crippen LogP contribution in [-0.2, 0) is 4.74 Å². The molecule has 1 N–H and O–H groups in total. The van der Waals surface area contributed by atoms with Gasteiger partial charge in [-0.15, -0.1) is 0 Å². The number of rotatable bonds is 2. The molecule has 1 atom stereocenters. The molecule has 88 valence electrons. The van der Waals surface area contributed by atoms with Gasteiger partial charge in [-0.1, -0.05) is 18.0 Å². The zero-order valence-electron chi connectivity index (χ0n) is 8.99. The molecule has 1 heterocycles. The second-order valence-electron chi connectivity index (χ2n) is 3.88. The summed E-state index contributed by atoms with van der Waals surface area (Å²) in [5.41, 5.74) is 0. The van der Waals surface area contributed by atoms with E-state index < -0.39 is 0 Å². The molecule has 0 aliphatic carbocycles. The van der Waals surface area contributed by atoms with Crippen LogP contribution in [0.4, 0.5) is 0 Å². The number of phenols is 1. The fourth-order valence-electron chi connectivity index (χ4n) is 1.71. The van der Waals surface area contributed by atoms with Gasteiger partial charge in [0.25, 0.3) is 0 Å². The molecule has 1 aliphatic rings. The van der Waals surface area contributed by atoms with E-state index in [-0.39, 0.29) is 12.0 Å². The van der Waals surface area contributed by atoms with Crippen LogP contribution in [0.15, 0.2) is 18.2 Å². The van der Waals surface area contributed by atoms with Crippen molar-refractivity contribution in [1.82, 2.24) is 0 Å². The van der Waals surface area contributed by atoms with Crippen LogP contribution in [0.5, 0.6) is 11.5 Å². The van der Waals surface area contributed by atoms with Gasteiger partial charge in [-0.25, -0.2) is 0 Å². The van der Waals surface area contributed by atoms with Gasteiger partial charge in [-0.3, -0.25) is 0 Å². The van der Waals surface area contributed by atoms with E-state index in [0.29, 0.717) is 10.8 Å². The summed E-state index contributed by atoms with van der Waals surface area (Å²) in [6.45, 7) is 0.736. The van der Waals surface area contributed by atoms with Gasteiger partial charge in [-0.2, -0.15) is 0 Å². The zero-order valence-corrected chi connectivity index (χ0v) is 9.74. The van der Waals surface area contributed by atoms with Gasteiger partial charge < -0.3 is 14.6 Å². The molecule has 0 aromatic heterocycles. The molecule has 0 saturated carbocycles. The third kappa shape index (κ3) is 3.03. The molecular weight excluding hydrogens is 228 g/mol. The SMILES string of the molecule is Oc1ccc(OC2CCCCCO2)c(Cl)c1. The highest BCUT2D eigenvalue weighted by Gasteiger charge is 2.15. The Morgan fingerprint density at radius 1 is 1.31 bits per heavy atom. The van der Waals surface area contributed by atoms with Gasteiger partial charge >= 0.3 is 0 Å². The van der Waals surface area contributed by atoms with E-state index >= 15 is 0 Å². The van der Waals surface area contributed by atoms with Crippen molar-refractivity contribution in [3.05, 3.63) is 23.2 Å². The average Bonchev–Trinajstić information content (AvgIpc) is 2.51. The van der Waals surface area contributed by atoms with E-state index in [1.54, 1.807) is 12.1 Å². The van der Waals surface area contributed by atoms with Crippen LogP contribution >= 0.6 is 11.6 Å². The molecule has 1 aromatic carbocycles. The van der Waals surface area contributed by atoms with E-state index in [1.807, 2.05) is 0 Å². The molecular formula is C12H15ClO3. The number of benzene rings is 1. The maximum absolute atomic E-state index is 9.22. The Morgan fingerprint density at radius 2 is 2.19 bits per heavy atom. The first-order valence-electron chi connectivity index (χ1n) is 5.52. The molecule has 1 aliphatic heterocycles. The Balaban J connectivity index is 2.01. The Kier molecular flexibility index (Phi) is 3.91. The molecule has 3 nitrogen and oxygen atoms in total. The smallest absolute Gasteiger partial charge is 0.199 e. The lowest BCUT2D eigenvalue weighted by molar-refractivity contribution is -0.0767. The minimum atomic E-state index is -0.218. The number of ether oxygens (including phenoxy) is 2. The Hall–Kier alpha value is -0.930. The maximum atomic E-state index is 9.22. The van der Waals surface area contributed by atoms with E-state index in [2.05, 4.69) is 0 Å². The molecule has 1 fully saturated rings. The molecule has 16 heavy (non-hydrogen) atoms. The normalized spacial score (nSPS) is 21.4. The summed E-state index contributed by atoms with van der Waals surface area (Å²) in [7, 11) is 0. The van der Waals surface area contributed by atoms with Crippen molar-refractivity contribution in [3.63, 3.8) is 0 Å². The number of halogens is 1. The van der Waals surface area contributed by atoms with Gasteiger partial charge in [0.05, 0.1) is 11.6 Å². The predicted molar refractivity (Wildman–Crippen MR) is 62.0 cm³/mol. The molecule has 0 radical (unpaired) electrons. The lowest BCUT2D eigenvalue weighted by Crippen LogP contribution is -2.19. The first-order chi connectivity index (χ1) is 7.75. The van der Waals surface area contributed by atoms with Crippen molar-refractivity contribution in [1.29, 1.82) is 0 Å². The van der Waals surface area contributed by atoms with Crippen LogP contribution in [0.1, 0.15) is 25.7 Å². The summed E-state index contributed by atoms with van der Waals surface area (Å²) in [5.74, 6) is 0.700. The van der Waals surface area contributed by atoms with E-state index in [4.69, 9.17) is 21.1 Å². The average molecular weight is 243 g/mol. The summed E-state index contributed by atoms with van der Waals surface area (Å²) >= 11 is 5.95. The quantitative estimate of drug-likeness (QED) is 0.865. The van der Waals surface area contributed by atoms with Gasteiger partial charge in [0.2, 0.25) is 0 Å². The Labute approximate surface area is 99.9 Å². The highest BCUT2D eigenvalue weighted by Crippen LogP contribution is 2.30. The minimum Gasteiger partial charge on any atom is -0.508 e. The van der Waals surface area contributed by atoms with Gasteiger partial charge in [-0.05, 0) is 25.0 Å². The van der Waals surface area contributed by atoms with Crippen molar-refractivity contribution in [2.75, 3.05) is 6.61 Å². The van der Waals surface area contributed by atoms with E-state index in [1.165, 1.54) is 12.5 Å². The number of hydrogen-bond donors (Lipinski definition) is 1. The molecule has 4 heteroatoms. The van der Waals surface area contributed by atoms with Crippen LogP contribution in [-0.4, -0.2) is 18.0 Å². The lowest BCUT2D eigenvalue weighted by Gasteiger charge is -2.17. The molecule has 1 aromatic rings. The second kappa shape index (κ2) is 5.41. The van der Waals surface area contributed by atoms with Gasteiger partial charge in [0.1, 0.15) is 11.5 Å². The topological polar surface area (TPSA) is 38.7 Å². The van der Waals surface area contributed by atoms with Crippen LogP contribution in [0.2, 0.25) is 5.02 Å². The molecule has 2 rings (SSSR count). The Morgan fingerprint density at radius 3 is 3.00 bits per heavy atom. The van der Waals surface area contributed by atoms with E-state index in [0.717, 1.165) is 25.9 Å². The largest absolute Gasteiger partial charge is 0.508 e.